The van der Waals surface area contributed by atoms with Gasteiger partial charge in [-0.2, -0.15) is 9.97 Å². The van der Waals surface area contributed by atoms with E-state index in [0.29, 0.717) is 11.6 Å². The van der Waals surface area contributed by atoms with E-state index in [-0.39, 0.29) is 5.28 Å². The van der Waals surface area contributed by atoms with E-state index in [2.05, 4.69) is 30.9 Å². The van der Waals surface area contributed by atoms with E-state index in [1.165, 1.54) is 0 Å². The fraction of sp³-hybridized carbons (Fsp3) is 0. The molecular weight excluding hydrogens is 338 g/mol. The lowest BCUT2D eigenvalue weighted by Crippen LogP contribution is -1.96. The van der Waals surface area contributed by atoms with Gasteiger partial charge in [0.15, 0.2) is 11.6 Å². The third-order valence-corrected chi connectivity index (χ3v) is 3.44. The molecule has 0 radical (unpaired) electrons. The Hall–Kier alpha value is -1.78. The summed E-state index contributed by atoms with van der Waals surface area (Å²) in [7, 11) is 0. The zero-order valence-electron chi connectivity index (χ0n) is 10.3. The molecule has 1 heterocycles. The lowest BCUT2D eigenvalue weighted by molar-refractivity contribution is 1.07. The maximum Gasteiger partial charge on any atom is 0.226 e. The van der Waals surface area contributed by atoms with Crippen LogP contribution in [0.5, 0.6) is 0 Å². The van der Waals surface area contributed by atoms with Crippen LogP contribution in [0.4, 0.5) is 0 Å². The SMILES string of the molecule is Clc1nc(-c2ccccc2)nc(-c2ccc(Br)cc2)n1. The fourth-order valence-electron chi connectivity index (χ4n) is 1.79. The molecule has 0 N–H and O–H groups in total. The largest absolute Gasteiger partial charge is 0.226 e. The van der Waals surface area contributed by atoms with Gasteiger partial charge < -0.3 is 0 Å². The first kappa shape index (κ1) is 13.2. The van der Waals surface area contributed by atoms with Crippen LogP contribution in [0.3, 0.4) is 0 Å². The number of benzene rings is 2. The van der Waals surface area contributed by atoms with Gasteiger partial charge in [-0.1, -0.05) is 58.4 Å². The number of hydrogen-bond acceptors (Lipinski definition) is 3. The molecule has 0 unspecified atom stereocenters. The van der Waals surface area contributed by atoms with Gasteiger partial charge in [0, 0.05) is 15.6 Å². The molecule has 0 spiro atoms. The molecule has 0 bridgehead atoms. The Labute approximate surface area is 129 Å². The quantitative estimate of drug-likeness (QED) is 0.679. The highest BCUT2D eigenvalue weighted by atomic mass is 79.9. The Kier molecular flexibility index (Phi) is 3.76. The number of hydrogen-bond donors (Lipinski definition) is 0. The molecule has 0 aliphatic rings. The molecule has 5 heteroatoms. The van der Waals surface area contributed by atoms with Crippen LogP contribution in [0.25, 0.3) is 22.8 Å². The van der Waals surface area contributed by atoms with Gasteiger partial charge >= 0.3 is 0 Å². The summed E-state index contributed by atoms with van der Waals surface area (Å²) in [5, 5.41) is 0.191. The van der Waals surface area contributed by atoms with Gasteiger partial charge in [-0.15, -0.1) is 0 Å². The van der Waals surface area contributed by atoms with E-state index in [9.17, 15) is 0 Å². The van der Waals surface area contributed by atoms with Crippen molar-refractivity contribution in [1.29, 1.82) is 0 Å². The molecule has 0 saturated carbocycles. The highest BCUT2D eigenvalue weighted by molar-refractivity contribution is 9.10. The van der Waals surface area contributed by atoms with Crippen molar-refractivity contribution in [1.82, 2.24) is 15.0 Å². The molecule has 0 saturated heterocycles. The van der Waals surface area contributed by atoms with Crippen LogP contribution in [0, 0.1) is 0 Å². The normalized spacial score (nSPS) is 10.5. The third-order valence-electron chi connectivity index (χ3n) is 2.74. The summed E-state index contributed by atoms with van der Waals surface area (Å²) in [6.07, 6.45) is 0. The molecule has 3 nitrogen and oxygen atoms in total. The highest BCUT2D eigenvalue weighted by Gasteiger charge is 2.08. The van der Waals surface area contributed by atoms with Gasteiger partial charge in [-0.25, -0.2) is 4.98 Å². The van der Waals surface area contributed by atoms with Crippen molar-refractivity contribution in [3.8, 4) is 22.8 Å². The summed E-state index contributed by atoms with van der Waals surface area (Å²) in [4.78, 5) is 12.9. The van der Waals surface area contributed by atoms with Crippen molar-refractivity contribution in [2.45, 2.75) is 0 Å². The molecule has 98 valence electrons. The standard InChI is InChI=1S/C15H9BrClN3/c16-12-8-6-11(7-9-12)14-18-13(19-15(17)20-14)10-4-2-1-3-5-10/h1-9H. The Morgan fingerprint density at radius 2 is 1.25 bits per heavy atom. The van der Waals surface area contributed by atoms with Crippen molar-refractivity contribution in [3.05, 3.63) is 64.4 Å². The number of aromatic nitrogens is 3. The van der Waals surface area contributed by atoms with Crippen molar-refractivity contribution in [3.63, 3.8) is 0 Å². The summed E-state index contributed by atoms with van der Waals surface area (Å²) < 4.78 is 1.00. The first-order valence-corrected chi connectivity index (χ1v) is 7.12. The molecule has 1 aromatic heterocycles. The molecule has 3 aromatic rings. The second kappa shape index (κ2) is 5.69. The molecule has 0 atom stereocenters. The van der Waals surface area contributed by atoms with Crippen molar-refractivity contribution < 1.29 is 0 Å². The predicted molar refractivity (Wildman–Crippen MR) is 83.4 cm³/mol. The molecule has 20 heavy (non-hydrogen) atoms. The Bertz CT molecular complexity index is 730. The second-order valence-electron chi connectivity index (χ2n) is 4.12. The zero-order valence-corrected chi connectivity index (χ0v) is 12.6. The number of halogens is 2. The lowest BCUT2D eigenvalue weighted by Gasteiger charge is -2.04. The first-order chi connectivity index (χ1) is 9.72. The summed E-state index contributed by atoms with van der Waals surface area (Å²) in [6.45, 7) is 0. The van der Waals surface area contributed by atoms with Crippen molar-refractivity contribution >= 4 is 27.5 Å². The first-order valence-electron chi connectivity index (χ1n) is 5.95. The smallest absolute Gasteiger partial charge is 0.208 e. The third kappa shape index (κ3) is 2.86. The van der Waals surface area contributed by atoms with Crippen molar-refractivity contribution in [2.24, 2.45) is 0 Å². The molecule has 2 aromatic carbocycles. The molecule has 0 aliphatic carbocycles. The van der Waals surface area contributed by atoms with E-state index >= 15 is 0 Å². The molecule has 0 amide bonds. The Morgan fingerprint density at radius 3 is 1.85 bits per heavy atom. The van der Waals surface area contributed by atoms with E-state index in [1.54, 1.807) is 0 Å². The van der Waals surface area contributed by atoms with E-state index in [1.807, 2.05) is 54.6 Å². The van der Waals surface area contributed by atoms with Gasteiger partial charge in [0.25, 0.3) is 0 Å². The summed E-state index contributed by atoms with van der Waals surface area (Å²) in [6, 6.07) is 17.5. The van der Waals surface area contributed by atoms with Crippen LogP contribution >= 0.6 is 27.5 Å². The topological polar surface area (TPSA) is 38.7 Å². The summed E-state index contributed by atoms with van der Waals surface area (Å²) in [5.74, 6) is 1.14. The summed E-state index contributed by atoms with van der Waals surface area (Å²) in [5.41, 5.74) is 1.81. The number of nitrogens with zero attached hydrogens (tertiary/aromatic N) is 3. The monoisotopic (exact) mass is 345 g/mol. The molecular formula is C15H9BrClN3. The minimum Gasteiger partial charge on any atom is -0.208 e. The Balaban J connectivity index is 2.09. The minimum atomic E-state index is 0.191. The zero-order chi connectivity index (χ0) is 13.9. The maximum absolute atomic E-state index is 6.01. The van der Waals surface area contributed by atoms with Crippen LogP contribution in [0.2, 0.25) is 5.28 Å². The van der Waals surface area contributed by atoms with Gasteiger partial charge in [0.2, 0.25) is 5.28 Å². The number of rotatable bonds is 2. The van der Waals surface area contributed by atoms with Crippen LogP contribution in [-0.2, 0) is 0 Å². The average molecular weight is 347 g/mol. The second-order valence-corrected chi connectivity index (χ2v) is 5.38. The van der Waals surface area contributed by atoms with E-state index in [0.717, 1.165) is 15.6 Å². The highest BCUT2D eigenvalue weighted by Crippen LogP contribution is 2.22. The predicted octanol–water partition coefficient (Wildman–Crippen LogP) is 4.62. The van der Waals surface area contributed by atoms with Gasteiger partial charge in [-0.05, 0) is 23.7 Å². The molecule has 0 fully saturated rings. The van der Waals surface area contributed by atoms with Crippen LogP contribution in [0.1, 0.15) is 0 Å². The average Bonchev–Trinajstić information content (AvgIpc) is 2.48. The van der Waals surface area contributed by atoms with Crippen LogP contribution in [-0.4, -0.2) is 15.0 Å². The van der Waals surface area contributed by atoms with Crippen LogP contribution in [0.15, 0.2) is 59.1 Å². The fourth-order valence-corrected chi connectivity index (χ4v) is 2.22. The molecule has 3 rings (SSSR count). The lowest BCUT2D eigenvalue weighted by atomic mass is 10.2. The van der Waals surface area contributed by atoms with Crippen LogP contribution < -0.4 is 0 Å². The minimum absolute atomic E-state index is 0.191. The van der Waals surface area contributed by atoms with E-state index in [4.69, 9.17) is 11.6 Å². The van der Waals surface area contributed by atoms with E-state index < -0.39 is 0 Å². The van der Waals surface area contributed by atoms with Crippen molar-refractivity contribution in [2.75, 3.05) is 0 Å². The van der Waals surface area contributed by atoms with Gasteiger partial charge in [0.05, 0.1) is 0 Å². The maximum atomic E-state index is 6.01. The van der Waals surface area contributed by atoms with Gasteiger partial charge in [0.1, 0.15) is 0 Å². The van der Waals surface area contributed by atoms with Gasteiger partial charge in [-0.3, -0.25) is 0 Å². The Morgan fingerprint density at radius 1 is 0.700 bits per heavy atom. The molecule has 0 aliphatic heterocycles. The summed E-state index contributed by atoms with van der Waals surface area (Å²) >= 11 is 9.41.